The molecule has 1 heterocycles. The molecule has 0 aliphatic rings. The Morgan fingerprint density at radius 3 is 2.39 bits per heavy atom. The number of anilines is 1. The standard InChI is InChI=1S/C21H19ClN2O4/c1-4-28-21(27)24-17-11-15(22)9-10-16(17)18(23-13(3)25)19(24)20(26)14-7-5-12(2)6-8-14/h5-11H,4H2,1-3H3,(H,23,25). The second-order valence-corrected chi connectivity index (χ2v) is 6.73. The second-order valence-electron chi connectivity index (χ2n) is 6.30. The molecule has 0 saturated carbocycles. The van der Waals surface area contributed by atoms with Crippen molar-refractivity contribution < 1.29 is 19.1 Å². The van der Waals surface area contributed by atoms with Crippen LogP contribution in [0.5, 0.6) is 0 Å². The van der Waals surface area contributed by atoms with E-state index in [0.29, 0.717) is 21.5 Å². The number of hydrogen-bond donors (Lipinski definition) is 1. The Bertz CT molecular complexity index is 1080. The van der Waals surface area contributed by atoms with Gasteiger partial charge in [-0.25, -0.2) is 9.36 Å². The largest absolute Gasteiger partial charge is 0.449 e. The molecule has 0 aliphatic heterocycles. The number of rotatable bonds is 4. The quantitative estimate of drug-likeness (QED) is 0.640. The lowest BCUT2D eigenvalue weighted by atomic mass is 10.0. The number of benzene rings is 2. The zero-order chi connectivity index (χ0) is 20.4. The summed E-state index contributed by atoms with van der Waals surface area (Å²) in [5, 5.41) is 3.59. The van der Waals surface area contributed by atoms with Gasteiger partial charge in [0.25, 0.3) is 0 Å². The van der Waals surface area contributed by atoms with Gasteiger partial charge in [0.05, 0.1) is 17.8 Å². The second kappa shape index (κ2) is 7.86. The predicted molar refractivity (Wildman–Crippen MR) is 108 cm³/mol. The molecular formula is C21H19ClN2O4. The summed E-state index contributed by atoms with van der Waals surface area (Å²) in [4.78, 5) is 37.9. The Kier molecular flexibility index (Phi) is 5.51. The van der Waals surface area contributed by atoms with Crippen molar-refractivity contribution in [3.05, 3.63) is 64.3 Å². The Morgan fingerprint density at radius 2 is 1.79 bits per heavy atom. The topological polar surface area (TPSA) is 77.4 Å². The van der Waals surface area contributed by atoms with E-state index in [4.69, 9.17) is 16.3 Å². The molecule has 1 amide bonds. The van der Waals surface area contributed by atoms with Crippen LogP contribution in [0.3, 0.4) is 0 Å². The molecule has 0 unspecified atom stereocenters. The van der Waals surface area contributed by atoms with Crippen molar-refractivity contribution in [3.8, 4) is 0 Å². The number of ketones is 1. The summed E-state index contributed by atoms with van der Waals surface area (Å²) in [6.45, 7) is 5.05. The summed E-state index contributed by atoms with van der Waals surface area (Å²) in [6, 6.07) is 11.8. The van der Waals surface area contributed by atoms with Crippen LogP contribution in [0.2, 0.25) is 5.02 Å². The molecule has 2 aromatic carbocycles. The zero-order valence-corrected chi connectivity index (χ0v) is 16.5. The molecule has 3 aromatic rings. The molecule has 0 aliphatic carbocycles. The minimum Gasteiger partial charge on any atom is -0.449 e. The molecule has 144 valence electrons. The molecule has 1 aromatic heterocycles. The number of carbonyl (C=O) groups excluding carboxylic acids is 3. The molecule has 0 bridgehead atoms. The Balaban J connectivity index is 2.35. The molecule has 0 spiro atoms. The van der Waals surface area contributed by atoms with Gasteiger partial charge < -0.3 is 10.1 Å². The first-order valence-corrected chi connectivity index (χ1v) is 9.11. The van der Waals surface area contributed by atoms with Crippen molar-refractivity contribution >= 4 is 46.0 Å². The van der Waals surface area contributed by atoms with Crippen LogP contribution < -0.4 is 5.32 Å². The molecule has 0 atom stereocenters. The highest BCUT2D eigenvalue weighted by Gasteiger charge is 2.28. The molecule has 1 N–H and O–H groups in total. The van der Waals surface area contributed by atoms with Crippen LogP contribution in [-0.2, 0) is 9.53 Å². The van der Waals surface area contributed by atoms with E-state index < -0.39 is 11.9 Å². The van der Waals surface area contributed by atoms with E-state index in [-0.39, 0.29) is 23.9 Å². The van der Waals surface area contributed by atoms with Gasteiger partial charge in [0.1, 0.15) is 5.69 Å². The molecule has 6 nitrogen and oxygen atoms in total. The normalized spacial score (nSPS) is 10.7. The van der Waals surface area contributed by atoms with E-state index in [9.17, 15) is 14.4 Å². The monoisotopic (exact) mass is 398 g/mol. The highest BCUT2D eigenvalue weighted by atomic mass is 35.5. The van der Waals surface area contributed by atoms with E-state index in [1.807, 2.05) is 6.92 Å². The molecule has 0 saturated heterocycles. The highest BCUT2D eigenvalue weighted by Crippen LogP contribution is 2.34. The number of fused-ring (bicyclic) bond motifs is 1. The minimum absolute atomic E-state index is 0.0229. The lowest BCUT2D eigenvalue weighted by Crippen LogP contribution is -2.21. The van der Waals surface area contributed by atoms with E-state index >= 15 is 0 Å². The molecule has 7 heteroatoms. The highest BCUT2D eigenvalue weighted by molar-refractivity contribution is 6.32. The number of ether oxygens (including phenoxy) is 1. The first kappa shape index (κ1) is 19.6. The summed E-state index contributed by atoms with van der Waals surface area (Å²) >= 11 is 6.12. The lowest BCUT2D eigenvalue weighted by molar-refractivity contribution is -0.114. The van der Waals surface area contributed by atoms with Gasteiger partial charge in [-0.3, -0.25) is 9.59 Å². The fourth-order valence-corrected chi connectivity index (χ4v) is 3.16. The summed E-state index contributed by atoms with van der Waals surface area (Å²) < 4.78 is 6.32. The first-order valence-electron chi connectivity index (χ1n) is 8.73. The maximum atomic E-state index is 13.3. The van der Waals surface area contributed by atoms with Gasteiger partial charge in [0.15, 0.2) is 0 Å². The third kappa shape index (κ3) is 3.64. The number of carbonyl (C=O) groups is 3. The molecule has 28 heavy (non-hydrogen) atoms. The minimum atomic E-state index is -0.721. The summed E-state index contributed by atoms with van der Waals surface area (Å²) in [5.74, 6) is -0.778. The maximum absolute atomic E-state index is 13.3. The molecule has 3 rings (SSSR count). The molecule has 0 radical (unpaired) electrons. The van der Waals surface area contributed by atoms with Crippen LogP contribution in [0.15, 0.2) is 42.5 Å². The van der Waals surface area contributed by atoms with Gasteiger partial charge in [-0.2, -0.15) is 0 Å². The van der Waals surface area contributed by atoms with Gasteiger partial charge in [0.2, 0.25) is 11.7 Å². The van der Waals surface area contributed by atoms with E-state index in [1.165, 1.54) is 6.92 Å². The number of aromatic nitrogens is 1. The number of amides is 1. The van der Waals surface area contributed by atoms with Crippen molar-refractivity contribution in [2.24, 2.45) is 0 Å². The average molecular weight is 399 g/mol. The van der Waals surface area contributed by atoms with Crippen LogP contribution in [0, 0.1) is 6.92 Å². The SMILES string of the molecule is CCOC(=O)n1c(C(=O)c2ccc(C)cc2)c(NC(C)=O)c2ccc(Cl)cc21. The van der Waals surface area contributed by atoms with Gasteiger partial charge in [-0.15, -0.1) is 0 Å². The predicted octanol–water partition coefficient (Wildman–Crippen LogP) is 4.80. The number of aryl methyl sites for hydroxylation is 1. The van der Waals surface area contributed by atoms with E-state index in [1.54, 1.807) is 49.4 Å². The van der Waals surface area contributed by atoms with Crippen molar-refractivity contribution in [1.29, 1.82) is 0 Å². The van der Waals surface area contributed by atoms with Gasteiger partial charge >= 0.3 is 6.09 Å². The number of hydrogen-bond acceptors (Lipinski definition) is 4. The number of halogens is 1. The number of nitrogens with one attached hydrogen (secondary N) is 1. The van der Waals surface area contributed by atoms with Gasteiger partial charge in [-0.1, -0.05) is 41.4 Å². The summed E-state index contributed by atoms with van der Waals surface area (Å²) in [5.41, 5.74) is 2.03. The third-order valence-corrected chi connectivity index (χ3v) is 4.45. The van der Waals surface area contributed by atoms with Crippen LogP contribution in [0.4, 0.5) is 10.5 Å². The van der Waals surface area contributed by atoms with Crippen molar-refractivity contribution in [1.82, 2.24) is 4.57 Å². The van der Waals surface area contributed by atoms with Gasteiger partial charge in [-0.05, 0) is 32.0 Å². The fraction of sp³-hybridized carbons (Fsp3) is 0.190. The Hall–Kier alpha value is -3.12. The number of nitrogens with zero attached hydrogens (tertiary/aromatic N) is 1. The summed E-state index contributed by atoms with van der Waals surface area (Å²) in [6.07, 6.45) is -0.721. The van der Waals surface area contributed by atoms with Crippen molar-refractivity contribution in [3.63, 3.8) is 0 Å². The Labute approximate surface area is 167 Å². The summed E-state index contributed by atoms with van der Waals surface area (Å²) in [7, 11) is 0. The molecule has 0 fully saturated rings. The van der Waals surface area contributed by atoms with Crippen LogP contribution >= 0.6 is 11.6 Å². The van der Waals surface area contributed by atoms with E-state index in [2.05, 4.69) is 5.32 Å². The van der Waals surface area contributed by atoms with Gasteiger partial charge in [0, 0.05) is 22.9 Å². The third-order valence-electron chi connectivity index (χ3n) is 4.21. The van der Waals surface area contributed by atoms with E-state index in [0.717, 1.165) is 10.1 Å². The van der Waals surface area contributed by atoms with Crippen LogP contribution in [0.25, 0.3) is 10.9 Å². The van der Waals surface area contributed by atoms with Crippen LogP contribution in [-0.4, -0.2) is 29.0 Å². The Morgan fingerprint density at radius 1 is 1.11 bits per heavy atom. The smallest absolute Gasteiger partial charge is 0.419 e. The first-order chi connectivity index (χ1) is 13.3. The molecular weight excluding hydrogens is 380 g/mol. The average Bonchev–Trinajstić information content (AvgIpc) is 2.94. The van der Waals surface area contributed by atoms with Crippen LogP contribution in [0.1, 0.15) is 35.5 Å². The van der Waals surface area contributed by atoms with Crippen molar-refractivity contribution in [2.75, 3.05) is 11.9 Å². The zero-order valence-electron chi connectivity index (χ0n) is 15.7. The lowest BCUT2D eigenvalue weighted by Gasteiger charge is -2.11. The maximum Gasteiger partial charge on any atom is 0.419 e. The van der Waals surface area contributed by atoms with Crippen molar-refractivity contribution in [2.45, 2.75) is 20.8 Å². The fourth-order valence-electron chi connectivity index (χ4n) is 3.00.